The molecule has 0 aliphatic rings. The molecule has 0 amide bonds. The Kier molecular flexibility index (Phi) is 5.24. The van der Waals surface area contributed by atoms with Gasteiger partial charge in [-0.1, -0.05) is 6.07 Å². The number of ketones is 1. The monoisotopic (exact) mass is 387 g/mol. The number of nitrogens with zero attached hydrogens (tertiary/aromatic N) is 2. The van der Waals surface area contributed by atoms with Gasteiger partial charge in [-0.25, -0.2) is 4.98 Å². The number of carbonyl (C=O) groups excluding carboxylic acids is 1. The summed E-state index contributed by atoms with van der Waals surface area (Å²) in [6.45, 7) is 4.25. The number of ether oxygens (including phenoxy) is 2. The number of hydrogen-bond donors (Lipinski definition) is 1. The predicted molar refractivity (Wildman–Crippen MR) is 110 cm³/mol. The van der Waals surface area contributed by atoms with Crippen LogP contribution >= 0.6 is 0 Å². The third-order valence-corrected chi connectivity index (χ3v) is 4.69. The van der Waals surface area contributed by atoms with Crippen LogP contribution in [-0.2, 0) is 0 Å². The molecule has 0 aliphatic heterocycles. The van der Waals surface area contributed by atoms with Gasteiger partial charge in [0.1, 0.15) is 11.8 Å². The molecular weight excluding hydrogens is 366 g/mol. The summed E-state index contributed by atoms with van der Waals surface area (Å²) >= 11 is 0. The first-order chi connectivity index (χ1) is 14.2. The number of aromatic amines is 1. The number of benzene rings is 1. The Morgan fingerprint density at radius 1 is 1.07 bits per heavy atom. The van der Waals surface area contributed by atoms with Crippen LogP contribution in [0.15, 0.2) is 67.3 Å². The molecule has 1 unspecified atom stereocenters. The molecule has 4 rings (SSSR count). The second-order valence-electron chi connectivity index (χ2n) is 6.54. The van der Waals surface area contributed by atoms with Crippen molar-refractivity contribution in [2.75, 3.05) is 6.61 Å². The van der Waals surface area contributed by atoms with E-state index in [1.54, 1.807) is 36.9 Å². The second-order valence-corrected chi connectivity index (χ2v) is 6.54. The van der Waals surface area contributed by atoms with Crippen LogP contribution in [0.4, 0.5) is 0 Å². The van der Waals surface area contributed by atoms with Gasteiger partial charge in [0.25, 0.3) is 0 Å². The van der Waals surface area contributed by atoms with Crippen LogP contribution in [0.1, 0.15) is 41.4 Å². The normalized spacial score (nSPS) is 11.9. The highest BCUT2D eigenvalue weighted by molar-refractivity contribution is 6.17. The lowest BCUT2D eigenvalue weighted by molar-refractivity contribution is 0.103. The van der Waals surface area contributed by atoms with Gasteiger partial charge in [-0.05, 0) is 55.8 Å². The molecule has 3 heterocycles. The summed E-state index contributed by atoms with van der Waals surface area (Å²) in [4.78, 5) is 24.7. The smallest absolute Gasteiger partial charge is 0.199 e. The van der Waals surface area contributed by atoms with Crippen molar-refractivity contribution in [2.24, 2.45) is 0 Å². The van der Waals surface area contributed by atoms with Crippen molar-refractivity contribution in [2.45, 2.75) is 20.0 Å². The van der Waals surface area contributed by atoms with E-state index in [2.05, 4.69) is 15.0 Å². The van der Waals surface area contributed by atoms with E-state index in [4.69, 9.17) is 9.47 Å². The second kappa shape index (κ2) is 8.14. The fourth-order valence-electron chi connectivity index (χ4n) is 3.26. The Morgan fingerprint density at radius 2 is 1.90 bits per heavy atom. The minimum absolute atomic E-state index is 0.144. The van der Waals surface area contributed by atoms with Crippen LogP contribution in [0.5, 0.6) is 11.5 Å². The van der Waals surface area contributed by atoms with Gasteiger partial charge in [0.05, 0.1) is 12.2 Å². The van der Waals surface area contributed by atoms with Gasteiger partial charge in [0.15, 0.2) is 17.3 Å². The first-order valence-electron chi connectivity index (χ1n) is 9.48. The molecule has 0 fully saturated rings. The number of H-pyrrole nitrogens is 1. The van der Waals surface area contributed by atoms with E-state index < -0.39 is 0 Å². The SMILES string of the molecule is CCOc1c(OC(C)c2ccncc2)cccc1C(=O)c1c[nH]c2ncccc12. The Morgan fingerprint density at radius 3 is 2.69 bits per heavy atom. The highest BCUT2D eigenvalue weighted by Gasteiger charge is 2.22. The van der Waals surface area contributed by atoms with Crippen LogP contribution in [0, 0.1) is 0 Å². The number of nitrogens with one attached hydrogen (secondary N) is 1. The zero-order chi connectivity index (χ0) is 20.2. The molecule has 0 saturated heterocycles. The van der Waals surface area contributed by atoms with Crippen molar-refractivity contribution < 1.29 is 14.3 Å². The van der Waals surface area contributed by atoms with Gasteiger partial charge >= 0.3 is 0 Å². The molecule has 1 atom stereocenters. The number of carbonyl (C=O) groups is 1. The fourth-order valence-corrected chi connectivity index (χ4v) is 3.26. The molecular formula is C23H21N3O3. The number of hydrogen-bond acceptors (Lipinski definition) is 5. The molecule has 1 aromatic carbocycles. The number of aromatic nitrogens is 3. The molecule has 0 aliphatic carbocycles. The number of fused-ring (bicyclic) bond motifs is 1. The lowest BCUT2D eigenvalue weighted by atomic mass is 10.0. The maximum absolute atomic E-state index is 13.3. The van der Waals surface area contributed by atoms with E-state index in [9.17, 15) is 4.79 Å². The first kappa shape index (κ1) is 18.7. The zero-order valence-electron chi connectivity index (χ0n) is 16.3. The molecule has 146 valence electrons. The van der Waals surface area contributed by atoms with E-state index in [1.165, 1.54) is 0 Å². The van der Waals surface area contributed by atoms with Crippen LogP contribution in [-0.4, -0.2) is 27.3 Å². The highest BCUT2D eigenvalue weighted by Crippen LogP contribution is 2.36. The van der Waals surface area contributed by atoms with E-state index >= 15 is 0 Å². The summed E-state index contributed by atoms with van der Waals surface area (Å²) in [6, 6.07) is 12.9. The standard InChI is InChI=1S/C23H21N3O3/c1-3-28-22-18(21(27)19-14-26-23-17(19)7-5-11-25-23)6-4-8-20(22)29-15(2)16-9-12-24-13-10-16/h4-15H,3H2,1-2H3,(H,25,26). The maximum Gasteiger partial charge on any atom is 0.199 e. The molecule has 6 nitrogen and oxygen atoms in total. The summed E-state index contributed by atoms with van der Waals surface area (Å²) in [5, 5.41) is 0.774. The van der Waals surface area contributed by atoms with Crippen molar-refractivity contribution in [1.82, 2.24) is 15.0 Å². The van der Waals surface area contributed by atoms with Crippen molar-refractivity contribution in [1.29, 1.82) is 0 Å². The summed E-state index contributed by atoms with van der Waals surface area (Å²) in [6.07, 6.45) is 6.60. The average molecular weight is 387 g/mol. The Balaban J connectivity index is 1.72. The third kappa shape index (κ3) is 3.69. The van der Waals surface area contributed by atoms with Crippen molar-refractivity contribution >= 4 is 16.8 Å². The Hall–Kier alpha value is -3.67. The van der Waals surface area contributed by atoms with Crippen molar-refractivity contribution in [3.8, 4) is 11.5 Å². The van der Waals surface area contributed by atoms with E-state index in [0.717, 1.165) is 10.9 Å². The largest absolute Gasteiger partial charge is 0.489 e. The predicted octanol–water partition coefficient (Wildman–Crippen LogP) is 4.73. The van der Waals surface area contributed by atoms with Gasteiger partial charge in [-0.15, -0.1) is 0 Å². The summed E-state index contributed by atoms with van der Waals surface area (Å²) in [7, 11) is 0. The quantitative estimate of drug-likeness (QED) is 0.464. The Bertz CT molecular complexity index is 1140. The average Bonchev–Trinajstić information content (AvgIpc) is 3.19. The summed E-state index contributed by atoms with van der Waals surface area (Å²) in [5.74, 6) is 0.828. The number of pyridine rings is 2. The highest BCUT2D eigenvalue weighted by atomic mass is 16.5. The first-order valence-corrected chi connectivity index (χ1v) is 9.48. The van der Waals surface area contributed by atoms with Gasteiger partial charge in [-0.3, -0.25) is 9.78 Å². The molecule has 29 heavy (non-hydrogen) atoms. The summed E-state index contributed by atoms with van der Waals surface area (Å²) < 4.78 is 12.0. The molecule has 4 aromatic rings. The lowest BCUT2D eigenvalue weighted by Crippen LogP contribution is -2.09. The minimum Gasteiger partial charge on any atom is -0.489 e. The molecule has 0 radical (unpaired) electrons. The summed E-state index contributed by atoms with van der Waals surface area (Å²) in [5.41, 5.74) is 2.67. The molecule has 0 spiro atoms. The number of rotatable bonds is 7. The fraction of sp³-hybridized carbons (Fsp3) is 0.174. The Labute approximate surface area is 168 Å². The van der Waals surface area contributed by atoms with Gasteiger partial charge in [-0.2, -0.15) is 0 Å². The minimum atomic E-state index is -0.222. The van der Waals surface area contributed by atoms with Gasteiger partial charge < -0.3 is 14.5 Å². The van der Waals surface area contributed by atoms with Gasteiger partial charge in [0.2, 0.25) is 0 Å². The molecule has 0 bridgehead atoms. The van der Waals surface area contributed by atoms with Gasteiger partial charge in [0, 0.05) is 35.7 Å². The van der Waals surface area contributed by atoms with Crippen LogP contribution in [0.25, 0.3) is 11.0 Å². The topological polar surface area (TPSA) is 77.1 Å². The van der Waals surface area contributed by atoms with E-state index in [0.29, 0.717) is 34.9 Å². The van der Waals surface area contributed by atoms with Crippen LogP contribution in [0.2, 0.25) is 0 Å². The van der Waals surface area contributed by atoms with E-state index in [1.807, 2.05) is 44.2 Å². The van der Waals surface area contributed by atoms with Crippen LogP contribution in [0.3, 0.4) is 0 Å². The van der Waals surface area contributed by atoms with E-state index in [-0.39, 0.29) is 11.9 Å². The molecule has 1 N–H and O–H groups in total. The lowest BCUT2D eigenvalue weighted by Gasteiger charge is -2.19. The number of para-hydroxylation sites is 1. The molecule has 0 saturated carbocycles. The van der Waals surface area contributed by atoms with Crippen LogP contribution < -0.4 is 9.47 Å². The molecule has 3 aromatic heterocycles. The van der Waals surface area contributed by atoms with Crippen molar-refractivity contribution in [3.63, 3.8) is 0 Å². The molecule has 6 heteroatoms. The zero-order valence-corrected chi connectivity index (χ0v) is 16.3. The van der Waals surface area contributed by atoms with Crippen molar-refractivity contribution in [3.05, 3.63) is 83.9 Å². The third-order valence-electron chi connectivity index (χ3n) is 4.69. The maximum atomic E-state index is 13.3.